The second-order valence-corrected chi connectivity index (χ2v) is 8.80. The normalized spacial score (nSPS) is 12.0. The first-order valence-corrected chi connectivity index (χ1v) is 12.6. The van der Waals surface area contributed by atoms with Crippen molar-refractivity contribution in [2.75, 3.05) is 13.2 Å². The Morgan fingerprint density at radius 1 is 1.05 bits per heavy atom. The largest absolute Gasteiger partial charge is 0.490 e. The highest BCUT2D eigenvalue weighted by Gasteiger charge is 2.20. The van der Waals surface area contributed by atoms with Crippen molar-refractivity contribution in [2.45, 2.75) is 26.9 Å². The van der Waals surface area contributed by atoms with Crippen LogP contribution >= 0.6 is 15.9 Å². The molecule has 0 bridgehead atoms. The lowest BCUT2D eigenvalue weighted by molar-refractivity contribution is -0.150. The standard InChI is InChI=1S/C28H26BrN3O5/c1-4-35-24-15-20(22(29)16-25(24)37-18(3)28(34)36-5-2)17-30-32-26(19-11-7-6-8-12-19)31-23-14-10-9-13-21(23)27(32)33/h6-18H,4-5H2,1-3H3/t18-/m1/s1. The number of carbonyl (C=O) groups excluding carboxylic acids is 1. The van der Waals surface area contributed by atoms with E-state index in [1.54, 1.807) is 50.4 Å². The van der Waals surface area contributed by atoms with Crippen molar-refractivity contribution < 1.29 is 19.0 Å². The van der Waals surface area contributed by atoms with E-state index in [9.17, 15) is 9.59 Å². The number of ether oxygens (including phenoxy) is 3. The van der Waals surface area contributed by atoms with Crippen molar-refractivity contribution in [3.05, 3.63) is 87.1 Å². The van der Waals surface area contributed by atoms with E-state index in [2.05, 4.69) is 21.0 Å². The minimum absolute atomic E-state index is 0.262. The summed E-state index contributed by atoms with van der Waals surface area (Å²) in [6, 6.07) is 20.0. The Labute approximate surface area is 222 Å². The summed E-state index contributed by atoms with van der Waals surface area (Å²) in [4.78, 5) is 30.2. The number of esters is 1. The Kier molecular flexibility index (Phi) is 8.35. The van der Waals surface area contributed by atoms with Gasteiger partial charge in [0.05, 0.1) is 30.3 Å². The topological polar surface area (TPSA) is 92.0 Å². The predicted molar refractivity (Wildman–Crippen MR) is 146 cm³/mol. The number of hydrogen-bond donors (Lipinski definition) is 0. The van der Waals surface area contributed by atoms with Crippen LogP contribution in [0.1, 0.15) is 26.3 Å². The molecule has 0 radical (unpaired) electrons. The van der Waals surface area contributed by atoms with Gasteiger partial charge in [-0.05, 0) is 61.0 Å². The fraction of sp³-hybridized carbons (Fsp3) is 0.214. The lowest BCUT2D eigenvalue weighted by atomic mass is 10.2. The number of rotatable bonds is 9. The van der Waals surface area contributed by atoms with Crippen LogP contribution in [0.3, 0.4) is 0 Å². The fourth-order valence-corrected chi connectivity index (χ4v) is 4.06. The smallest absolute Gasteiger partial charge is 0.347 e. The molecule has 0 spiro atoms. The van der Waals surface area contributed by atoms with Gasteiger partial charge in [-0.15, -0.1) is 0 Å². The van der Waals surface area contributed by atoms with E-state index in [4.69, 9.17) is 19.2 Å². The van der Waals surface area contributed by atoms with E-state index in [1.165, 1.54) is 4.68 Å². The van der Waals surface area contributed by atoms with Gasteiger partial charge in [0.1, 0.15) is 0 Å². The lowest BCUT2D eigenvalue weighted by Crippen LogP contribution is -2.26. The highest BCUT2D eigenvalue weighted by atomic mass is 79.9. The van der Waals surface area contributed by atoms with Crippen LogP contribution in [0.15, 0.2) is 81.1 Å². The van der Waals surface area contributed by atoms with Gasteiger partial charge >= 0.3 is 5.97 Å². The number of para-hydroxylation sites is 1. The summed E-state index contributed by atoms with van der Waals surface area (Å²) in [6.07, 6.45) is 0.733. The summed E-state index contributed by atoms with van der Waals surface area (Å²) >= 11 is 3.54. The maximum absolute atomic E-state index is 13.4. The number of carbonyl (C=O) groups is 1. The molecule has 9 heteroatoms. The Bertz CT molecular complexity index is 1500. The van der Waals surface area contributed by atoms with Crippen LogP contribution in [0.4, 0.5) is 0 Å². The average molecular weight is 564 g/mol. The first kappa shape index (κ1) is 26.1. The molecular weight excluding hydrogens is 538 g/mol. The van der Waals surface area contributed by atoms with Crippen molar-refractivity contribution in [3.63, 3.8) is 0 Å². The number of aromatic nitrogens is 2. The third-order valence-electron chi connectivity index (χ3n) is 5.38. The summed E-state index contributed by atoms with van der Waals surface area (Å²) in [6.45, 7) is 5.84. The van der Waals surface area contributed by atoms with Gasteiger partial charge in [-0.25, -0.2) is 9.78 Å². The molecule has 0 saturated heterocycles. The van der Waals surface area contributed by atoms with Gasteiger partial charge in [-0.3, -0.25) is 4.79 Å². The van der Waals surface area contributed by atoms with Gasteiger partial charge in [0, 0.05) is 15.6 Å². The minimum atomic E-state index is -0.818. The first-order valence-electron chi connectivity index (χ1n) is 11.8. The molecule has 0 amide bonds. The molecule has 3 aromatic carbocycles. The molecule has 0 saturated carbocycles. The van der Waals surface area contributed by atoms with E-state index in [1.807, 2.05) is 43.3 Å². The molecule has 1 atom stereocenters. The fourth-order valence-electron chi connectivity index (χ4n) is 3.63. The van der Waals surface area contributed by atoms with Gasteiger partial charge in [0.2, 0.25) is 0 Å². The third-order valence-corrected chi connectivity index (χ3v) is 6.07. The highest BCUT2D eigenvalue weighted by Crippen LogP contribution is 2.34. The quantitative estimate of drug-likeness (QED) is 0.199. The summed E-state index contributed by atoms with van der Waals surface area (Å²) in [5.74, 6) is 0.754. The molecule has 0 fully saturated rings. The van der Waals surface area contributed by atoms with Gasteiger partial charge in [-0.1, -0.05) is 42.5 Å². The zero-order valence-electron chi connectivity index (χ0n) is 20.7. The molecule has 0 unspecified atom stereocenters. The number of nitrogens with zero attached hydrogens (tertiary/aromatic N) is 3. The van der Waals surface area contributed by atoms with E-state index in [0.717, 1.165) is 5.56 Å². The second kappa shape index (κ2) is 11.8. The molecule has 0 aliphatic carbocycles. The van der Waals surface area contributed by atoms with Crippen LogP contribution in [0.2, 0.25) is 0 Å². The molecule has 1 aromatic heterocycles. The molecule has 37 heavy (non-hydrogen) atoms. The maximum atomic E-state index is 13.4. The molecule has 8 nitrogen and oxygen atoms in total. The molecular formula is C28H26BrN3O5. The molecule has 0 aliphatic rings. The van der Waals surface area contributed by atoms with Gasteiger partial charge in [0.25, 0.3) is 5.56 Å². The molecule has 0 N–H and O–H groups in total. The number of halogens is 1. The van der Waals surface area contributed by atoms with Crippen molar-refractivity contribution in [1.29, 1.82) is 0 Å². The van der Waals surface area contributed by atoms with Crippen molar-refractivity contribution in [3.8, 4) is 22.9 Å². The van der Waals surface area contributed by atoms with Crippen LogP contribution < -0.4 is 15.0 Å². The number of fused-ring (bicyclic) bond motifs is 1. The molecule has 4 aromatic rings. The number of benzene rings is 3. The minimum Gasteiger partial charge on any atom is -0.490 e. The predicted octanol–water partition coefficient (Wildman–Crippen LogP) is 5.44. The highest BCUT2D eigenvalue weighted by molar-refractivity contribution is 9.10. The van der Waals surface area contributed by atoms with Crippen LogP contribution in [-0.2, 0) is 9.53 Å². The first-order chi connectivity index (χ1) is 17.9. The van der Waals surface area contributed by atoms with Gasteiger partial charge in [0.15, 0.2) is 23.4 Å². The van der Waals surface area contributed by atoms with Crippen molar-refractivity contribution in [1.82, 2.24) is 9.66 Å². The van der Waals surface area contributed by atoms with E-state index >= 15 is 0 Å². The van der Waals surface area contributed by atoms with Crippen molar-refractivity contribution >= 4 is 39.0 Å². The third kappa shape index (κ3) is 5.89. The molecule has 4 rings (SSSR count). The Hall–Kier alpha value is -3.98. The van der Waals surface area contributed by atoms with E-state index in [-0.39, 0.29) is 12.2 Å². The SMILES string of the molecule is CCOC(=O)[C@@H](C)Oc1cc(Br)c(C=Nn2c(-c3ccccc3)nc3ccccc3c2=O)cc1OCC. The summed E-state index contributed by atoms with van der Waals surface area (Å²) in [7, 11) is 0. The van der Waals surface area contributed by atoms with E-state index in [0.29, 0.717) is 44.9 Å². The maximum Gasteiger partial charge on any atom is 0.347 e. The Morgan fingerprint density at radius 2 is 1.78 bits per heavy atom. The zero-order valence-corrected chi connectivity index (χ0v) is 22.3. The molecule has 1 heterocycles. The monoisotopic (exact) mass is 563 g/mol. The summed E-state index contributed by atoms with van der Waals surface area (Å²) in [5, 5.41) is 4.99. The molecule has 190 valence electrons. The van der Waals surface area contributed by atoms with Crippen LogP contribution in [0.5, 0.6) is 11.5 Å². The van der Waals surface area contributed by atoms with Crippen LogP contribution in [0.25, 0.3) is 22.3 Å². The van der Waals surface area contributed by atoms with Gasteiger partial charge in [-0.2, -0.15) is 9.78 Å². The Balaban J connectivity index is 1.77. The van der Waals surface area contributed by atoms with Crippen molar-refractivity contribution in [2.24, 2.45) is 5.10 Å². The summed E-state index contributed by atoms with van der Waals surface area (Å²) < 4.78 is 18.5. The lowest BCUT2D eigenvalue weighted by Gasteiger charge is -2.17. The average Bonchev–Trinajstić information content (AvgIpc) is 2.90. The summed E-state index contributed by atoms with van der Waals surface area (Å²) in [5.41, 5.74) is 1.70. The Morgan fingerprint density at radius 3 is 2.51 bits per heavy atom. The van der Waals surface area contributed by atoms with Crippen LogP contribution in [-0.4, -0.2) is 41.2 Å². The number of hydrogen-bond acceptors (Lipinski definition) is 7. The molecule has 0 aliphatic heterocycles. The van der Waals surface area contributed by atoms with Crippen LogP contribution in [0, 0.1) is 0 Å². The zero-order chi connectivity index (χ0) is 26.4. The van der Waals surface area contributed by atoms with Gasteiger partial charge < -0.3 is 14.2 Å². The van der Waals surface area contributed by atoms with E-state index < -0.39 is 12.1 Å². The second-order valence-electron chi connectivity index (χ2n) is 7.95.